The lowest BCUT2D eigenvalue weighted by molar-refractivity contribution is -0.350. The first kappa shape index (κ1) is 13.9. The topological polar surface area (TPSA) is 88.4 Å². The number of ether oxygens (including phenoxy) is 3. The van der Waals surface area contributed by atoms with Gasteiger partial charge in [-0.25, -0.2) is 0 Å². The van der Waals surface area contributed by atoms with Gasteiger partial charge >= 0.3 is 0 Å². The molecule has 20 heavy (non-hydrogen) atoms. The van der Waals surface area contributed by atoms with Gasteiger partial charge in [0.1, 0.15) is 30.5 Å². The van der Waals surface area contributed by atoms with E-state index in [1.165, 1.54) is 0 Å². The van der Waals surface area contributed by atoms with Crippen LogP contribution in [0.1, 0.15) is 11.7 Å². The molecule has 3 N–H and O–H groups in total. The summed E-state index contributed by atoms with van der Waals surface area (Å²) in [6.07, 6.45) is -5.06. The minimum atomic E-state index is -1.20. The fourth-order valence-corrected chi connectivity index (χ4v) is 2.59. The van der Waals surface area contributed by atoms with Crippen molar-refractivity contribution in [2.75, 3.05) is 13.2 Å². The molecule has 0 aromatic heterocycles. The van der Waals surface area contributed by atoms with Gasteiger partial charge in [0.2, 0.25) is 0 Å². The highest BCUT2D eigenvalue weighted by molar-refractivity contribution is 5.18. The van der Waals surface area contributed by atoms with Crippen molar-refractivity contribution < 1.29 is 29.5 Å². The molecule has 1 aromatic rings. The SMILES string of the molecule is OC[C@H]1O[C@H]2OC[C@H](c3ccccc3)O[C@@H]2[C@@H](O)[C@@H]1O. The van der Waals surface area contributed by atoms with E-state index in [4.69, 9.17) is 19.3 Å². The number of aliphatic hydroxyl groups excluding tert-OH is 3. The normalized spacial score (nSPS) is 41.1. The minimum absolute atomic E-state index is 0.298. The molecule has 2 aliphatic rings. The Labute approximate surface area is 116 Å². The molecule has 110 valence electrons. The van der Waals surface area contributed by atoms with Gasteiger partial charge < -0.3 is 29.5 Å². The van der Waals surface area contributed by atoms with Gasteiger partial charge in [-0.1, -0.05) is 30.3 Å². The van der Waals surface area contributed by atoms with Crippen LogP contribution in [0.3, 0.4) is 0 Å². The van der Waals surface area contributed by atoms with Crippen molar-refractivity contribution in [2.45, 2.75) is 36.8 Å². The largest absolute Gasteiger partial charge is 0.394 e. The maximum Gasteiger partial charge on any atom is 0.187 e. The van der Waals surface area contributed by atoms with E-state index in [1.54, 1.807) is 0 Å². The van der Waals surface area contributed by atoms with Gasteiger partial charge in [0.25, 0.3) is 0 Å². The molecular formula is C14H18O6. The Balaban J connectivity index is 1.74. The maximum absolute atomic E-state index is 10.1. The number of fused-ring (bicyclic) bond motifs is 1. The maximum atomic E-state index is 10.1. The molecular weight excluding hydrogens is 264 g/mol. The second-order valence-corrected chi connectivity index (χ2v) is 5.04. The predicted molar refractivity (Wildman–Crippen MR) is 67.8 cm³/mol. The molecule has 1 aromatic carbocycles. The third kappa shape index (κ3) is 2.46. The Morgan fingerprint density at radius 1 is 1.05 bits per heavy atom. The summed E-state index contributed by atoms with van der Waals surface area (Å²) in [7, 11) is 0. The smallest absolute Gasteiger partial charge is 0.187 e. The Morgan fingerprint density at radius 3 is 2.50 bits per heavy atom. The Kier molecular flexibility index (Phi) is 4.02. The summed E-state index contributed by atoms with van der Waals surface area (Å²) >= 11 is 0. The van der Waals surface area contributed by atoms with Crippen molar-refractivity contribution in [1.29, 1.82) is 0 Å². The second kappa shape index (κ2) is 5.77. The highest BCUT2D eigenvalue weighted by atomic mass is 16.7. The Bertz CT molecular complexity index is 437. The van der Waals surface area contributed by atoms with E-state index in [9.17, 15) is 10.2 Å². The van der Waals surface area contributed by atoms with E-state index in [2.05, 4.69) is 0 Å². The Morgan fingerprint density at radius 2 is 1.80 bits per heavy atom. The van der Waals surface area contributed by atoms with Crippen molar-refractivity contribution >= 4 is 0 Å². The van der Waals surface area contributed by atoms with Crippen LogP contribution in [0.2, 0.25) is 0 Å². The van der Waals surface area contributed by atoms with Gasteiger partial charge in [0.05, 0.1) is 13.2 Å². The van der Waals surface area contributed by atoms with E-state index in [0.717, 1.165) is 5.56 Å². The summed E-state index contributed by atoms with van der Waals surface area (Å²) in [5.74, 6) is 0. The summed E-state index contributed by atoms with van der Waals surface area (Å²) in [6, 6.07) is 9.53. The zero-order valence-electron chi connectivity index (χ0n) is 10.8. The summed E-state index contributed by atoms with van der Waals surface area (Å²) in [5, 5.41) is 29.1. The average molecular weight is 282 g/mol. The number of hydrogen-bond acceptors (Lipinski definition) is 6. The molecule has 2 fully saturated rings. The average Bonchev–Trinajstić information content (AvgIpc) is 2.51. The van der Waals surface area contributed by atoms with Gasteiger partial charge in [-0.2, -0.15) is 0 Å². The predicted octanol–water partition coefficient (Wildman–Crippen LogP) is -0.418. The van der Waals surface area contributed by atoms with Crippen LogP contribution in [0.5, 0.6) is 0 Å². The fraction of sp³-hybridized carbons (Fsp3) is 0.571. The van der Waals surface area contributed by atoms with Gasteiger partial charge in [-0.05, 0) is 5.56 Å². The quantitative estimate of drug-likeness (QED) is 0.683. The highest BCUT2D eigenvalue weighted by Crippen LogP contribution is 2.33. The van der Waals surface area contributed by atoms with Crippen LogP contribution < -0.4 is 0 Å². The standard InChI is InChI=1S/C14H18O6/c15-6-9-11(16)12(17)13-14(20-9)18-7-10(19-13)8-4-2-1-3-5-8/h1-5,9-17H,6-7H2/t9-,10-,11-,12+,13-,14-/m1/s1. The molecule has 6 atom stereocenters. The molecule has 0 bridgehead atoms. The molecule has 0 amide bonds. The molecule has 0 unspecified atom stereocenters. The zero-order chi connectivity index (χ0) is 14.1. The van der Waals surface area contributed by atoms with Crippen LogP contribution in [0, 0.1) is 0 Å². The molecule has 6 nitrogen and oxygen atoms in total. The summed E-state index contributed by atoms with van der Waals surface area (Å²) < 4.78 is 16.8. The second-order valence-electron chi connectivity index (χ2n) is 5.04. The van der Waals surface area contributed by atoms with E-state index < -0.39 is 30.7 Å². The summed E-state index contributed by atoms with van der Waals surface area (Å²) in [6.45, 7) is -0.0843. The number of rotatable bonds is 2. The Hall–Kier alpha value is -1.02. The fourth-order valence-electron chi connectivity index (χ4n) is 2.59. The van der Waals surface area contributed by atoms with Crippen LogP contribution >= 0.6 is 0 Å². The lowest BCUT2D eigenvalue weighted by atomic mass is 9.97. The molecule has 2 heterocycles. The molecule has 0 aliphatic carbocycles. The lowest BCUT2D eigenvalue weighted by Crippen LogP contribution is -2.62. The zero-order valence-corrected chi connectivity index (χ0v) is 10.8. The van der Waals surface area contributed by atoms with Crippen LogP contribution in [-0.2, 0) is 14.2 Å². The van der Waals surface area contributed by atoms with Crippen molar-refractivity contribution in [1.82, 2.24) is 0 Å². The van der Waals surface area contributed by atoms with Gasteiger partial charge in [-0.3, -0.25) is 0 Å². The monoisotopic (exact) mass is 282 g/mol. The number of hydrogen-bond donors (Lipinski definition) is 3. The number of aliphatic hydroxyl groups is 3. The van der Waals surface area contributed by atoms with Crippen LogP contribution in [0.15, 0.2) is 30.3 Å². The van der Waals surface area contributed by atoms with Crippen LogP contribution in [-0.4, -0.2) is 59.2 Å². The van der Waals surface area contributed by atoms with Crippen molar-refractivity contribution in [3.63, 3.8) is 0 Å². The van der Waals surface area contributed by atoms with E-state index in [-0.39, 0.29) is 12.7 Å². The molecule has 0 saturated carbocycles. The van der Waals surface area contributed by atoms with Crippen LogP contribution in [0.25, 0.3) is 0 Å². The van der Waals surface area contributed by atoms with E-state index in [1.807, 2.05) is 30.3 Å². The van der Waals surface area contributed by atoms with E-state index in [0.29, 0.717) is 6.61 Å². The third-order valence-electron chi connectivity index (χ3n) is 3.73. The van der Waals surface area contributed by atoms with Crippen molar-refractivity contribution in [2.24, 2.45) is 0 Å². The van der Waals surface area contributed by atoms with Crippen molar-refractivity contribution in [3.05, 3.63) is 35.9 Å². The molecule has 6 heteroatoms. The highest BCUT2D eigenvalue weighted by Gasteiger charge is 2.48. The van der Waals surface area contributed by atoms with Gasteiger partial charge in [0.15, 0.2) is 6.29 Å². The van der Waals surface area contributed by atoms with Crippen molar-refractivity contribution in [3.8, 4) is 0 Å². The minimum Gasteiger partial charge on any atom is -0.394 e. The molecule has 3 rings (SSSR count). The summed E-state index contributed by atoms with van der Waals surface area (Å²) in [5.41, 5.74) is 0.942. The summed E-state index contributed by atoms with van der Waals surface area (Å²) in [4.78, 5) is 0. The molecule has 2 saturated heterocycles. The molecule has 0 spiro atoms. The van der Waals surface area contributed by atoms with E-state index >= 15 is 0 Å². The first-order valence-corrected chi connectivity index (χ1v) is 6.65. The first-order valence-electron chi connectivity index (χ1n) is 6.65. The van der Waals surface area contributed by atoms with Gasteiger partial charge in [0, 0.05) is 0 Å². The first-order chi connectivity index (χ1) is 9.70. The van der Waals surface area contributed by atoms with Crippen LogP contribution in [0.4, 0.5) is 0 Å². The number of benzene rings is 1. The van der Waals surface area contributed by atoms with Gasteiger partial charge in [-0.15, -0.1) is 0 Å². The molecule has 2 aliphatic heterocycles. The molecule has 0 radical (unpaired) electrons. The third-order valence-corrected chi connectivity index (χ3v) is 3.73. The lowest BCUT2D eigenvalue weighted by Gasteiger charge is -2.46.